The number of hydrogen-bond donors (Lipinski definition) is 2. The van der Waals surface area contributed by atoms with Crippen molar-refractivity contribution in [2.75, 3.05) is 10.0 Å². The van der Waals surface area contributed by atoms with E-state index in [2.05, 4.69) is 15.0 Å². The Morgan fingerprint density at radius 1 is 0.939 bits per heavy atom. The molecule has 0 bridgehead atoms. The molecule has 0 spiro atoms. The molecule has 1 aromatic heterocycles. The fraction of sp³-hybridized carbons (Fsp3) is 0.120. The lowest BCUT2D eigenvalue weighted by Gasteiger charge is -2.13. The van der Waals surface area contributed by atoms with Crippen molar-refractivity contribution >= 4 is 38.6 Å². The Balaban J connectivity index is 1.51. The first-order valence-electron chi connectivity index (χ1n) is 10.3. The van der Waals surface area contributed by atoms with Crippen LogP contribution in [0.5, 0.6) is 0 Å². The van der Waals surface area contributed by atoms with Crippen LogP contribution in [0.25, 0.3) is 0 Å². The Kier molecular flexibility index (Phi) is 6.57. The Labute approximate surface area is 197 Å². The third kappa shape index (κ3) is 5.47. The van der Waals surface area contributed by atoms with Crippen LogP contribution in [-0.4, -0.2) is 19.3 Å². The van der Waals surface area contributed by atoms with Crippen molar-refractivity contribution in [3.05, 3.63) is 106 Å². The van der Waals surface area contributed by atoms with Gasteiger partial charge in [-0.2, -0.15) is 0 Å². The number of nitrogens with one attached hydrogen (secondary N) is 2. The molecule has 3 aromatic carbocycles. The summed E-state index contributed by atoms with van der Waals surface area (Å²) in [4.78, 5) is 18.2. The van der Waals surface area contributed by atoms with Gasteiger partial charge in [-0.1, -0.05) is 54.6 Å². The second-order valence-electron chi connectivity index (χ2n) is 7.59. The molecule has 0 fully saturated rings. The van der Waals surface area contributed by atoms with Gasteiger partial charge in [0.05, 0.1) is 21.3 Å². The molecule has 1 heterocycles. The van der Waals surface area contributed by atoms with Crippen LogP contribution in [0.15, 0.2) is 83.8 Å². The van der Waals surface area contributed by atoms with E-state index in [0.717, 1.165) is 16.1 Å². The molecule has 0 atom stereocenters. The van der Waals surface area contributed by atoms with E-state index in [1.807, 2.05) is 37.3 Å². The zero-order valence-electron chi connectivity index (χ0n) is 18.2. The summed E-state index contributed by atoms with van der Waals surface area (Å²) in [6.07, 6.45) is 0.662. The quantitative estimate of drug-likeness (QED) is 0.373. The van der Waals surface area contributed by atoms with Crippen molar-refractivity contribution < 1.29 is 13.2 Å². The summed E-state index contributed by atoms with van der Waals surface area (Å²) in [5, 5.41) is 3.73. The Morgan fingerprint density at radius 3 is 2.30 bits per heavy atom. The topological polar surface area (TPSA) is 88.2 Å². The van der Waals surface area contributed by atoms with Gasteiger partial charge in [-0.05, 0) is 49.2 Å². The molecule has 33 heavy (non-hydrogen) atoms. The molecule has 6 nitrogen and oxygen atoms in total. The van der Waals surface area contributed by atoms with Crippen LogP contribution in [0.1, 0.15) is 31.5 Å². The number of amides is 1. The molecule has 0 unspecified atom stereocenters. The highest BCUT2D eigenvalue weighted by atomic mass is 32.2. The number of hydrogen-bond acceptors (Lipinski definition) is 5. The van der Waals surface area contributed by atoms with Crippen LogP contribution in [0, 0.1) is 13.8 Å². The van der Waals surface area contributed by atoms with E-state index in [1.165, 1.54) is 23.5 Å². The molecular weight excluding hydrogens is 454 g/mol. The number of sulfonamides is 1. The fourth-order valence-electron chi connectivity index (χ4n) is 3.31. The number of nitrogens with zero attached hydrogens (tertiary/aromatic N) is 1. The van der Waals surface area contributed by atoms with Crippen LogP contribution < -0.4 is 10.0 Å². The largest absolute Gasteiger partial charge is 0.321 e. The van der Waals surface area contributed by atoms with Crippen molar-refractivity contribution in [2.24, 2.45) is 0 Å². The molecule has 168 valence electrons. The molecule has 0 aliphatic carbocycles. The van der Waals surface area contributed by atoms with Crippen LogP contribution in [0.2, 0.25) is 0 Å². The minimum absolute atomic E-state index is 0.171. The maximum atomic E-state index is 12.9. The van der Waals surface area contributed by atoms with Crippen molar-refractivity contribution in [1.82, 2.24) is 4.98 Å². The monoisotopic (exact) mass is 477 g/mol. The molecule has 4 aromatic rings. The molecule has 0 aliphatic heterocycles. The summed E-state index contributed by atoms with van der Waals surface area (Å²) in [6.45, 7) is 3.62. The third-order valence-electron chi connectivity index (χ3n) is 5.04. The standard InChI is InChI=1S/C25H23N3O3S2/c1-17-13-14-20(16-22(17)28-33(30,31)21-11-7-4-8-12-21)27-25(29)24-18(2)26-23(32-24)15-19-9-5-3-6-10-19/h3-14,16,28H,15H2,1-2H3,(H,27,29). The SMILES string of the molecule is Cc1ccc(NC(=O)c2sc(Cc3ccccc3)nc2C)cc1NS(=O)(=O)c1ccccc1. The lowest BCUT2D eigenvalue weighted by atomic mass is 10.2. The van der Waals surface area contributed by atoms with Gasteiger partial charge in [-0.25, -0.2) is 13.4 Å². The lowest BCUT2D eigenvalue weighted by molar-refractivity contribution is 0.103. The van der Waals surface area contributed by atoms with Gasteiger partial charge in [0.15, 0.2) is 0 Å². The predicted molar refractivity (Wildman–Crippen MR) is 132 cm³/mol. The highest BCUT2D eigenvalue weighted by Gasteiger charge is 2.18. The summed E-state index contributed by atoms with van der Waals surface area (Å²) >= 11 is 1.36. The van der Waals surface area contributed by atoms with Crippen LogP contribution >= 0.6 is 11.3 Å². The highest BCUT2D eigenvalue weighted by Crippen LogP contribution is 2.26. The van der Waals surface area contributed by atoms with E-state index in [0.29, 0.717) is 28.4 Å². The Hall–Kier alpha value is -3.49. The molecule has 0 saturated carbocycles. The van der Waals surface area contributed by atoms with Crippen molar-refractivity contribution in [1.29, 1.82) is 0 Å². The average molecular weight is 478 g/mol. The number of benzene rings is 3. The Morgan fingerprint density at radius 2 is 1.61 bits per heavy atom. The van der Waals surface area contributed by atoms with E-state index < -0.39 is 10.0 Å². The minimum Gasteiger partial charge on any atom is -0.321 e. The first-order chi connectivity index (χ1) is 15.8. The molecule has 0 aliphatic rings. The van der Waals surface area contributed by atoms with Gasteiger partial charge in [0.1, 0.15) is 4.88 Å². The molecule has 2 N–H and O–H groups in total. The van der Waals surface area contributed by atoms with Crippen molar-refractivity contribution in [3.8, 4) is 0 Å². The normalized spacial score (nSPS) is 11.2. The second kappa shape index (κ2) is 9.56. The van der Waals surface area contributed by atoms with Crippen LogP contribution in [0.3, 0.4) is 0 Å². The average Bonchev–Trinajstić information content (AvgIpc) is 3.17. The van der Waals surface area contributed by atoms with E-state index in [4.69, 9.17) is 0 Å². The third-order valence-corrected chi connectivity index (χ3v) is 7.58. The van der Waals surface area contributed by atoms with Crippen molar-refractivity contribution in [3.63, 3.8) is 0 Å². The Bertz CT molecular complexity index is 1380. The van der Waals surface area contributed by atoms with Gasteiger partial charge in [0.2, 0.25) is 0 Å². The summed E-state index contributed by atoms with van der Waals surface area (Å²) in [6, 6.07) is 23.3. The number of carbonyl (C=O) groups excluding carboxylic acids is 1. The lowest BCUT2D eigenvalue weighted by Crippen LogP contribution is -2.15. The van der Waals surface area contributed by atoms with E-state index in [1.54, 1.807) is 43.3 Å². The zero-order valence-corrected chi connectivity index (χ0v) is 19.8. The molecule has 4 rings (SSSR count). The van der Waals surface area contributed by atoms with Crippen LogP contribution in [0.4, 0.5) is 11.4 Å². The second-order valence-corrected chi connectivity index (χ2v) is 10.4. The predicted octanol–water partition coefficient (Wildman–Crippen LogP) is 5.40. The van der Waals surface area contributed by atoms with Gasteiger partial charge in [0, 0.05) is 12.1 Å². The number of anilines is 2. The first kappa shape index (κ1) is 22.7. The molecular formula is C25H23N3O3S2. The van der Waals surface area contributed by atoms with Gasteiger partial charge in [-0.15, -0.1) is 11.3 Å². The van der Waals surface area contributed by atoms with E-state index >= 15 is 0 Å². The van der Waals surface area contributed by atoms with E-state index in [9.17, 15) is 13.2 Å². The summed E-state index contributed by atoms with van der Waals surface area (Å²) in [7, 11) is -3.74. The minimum atomic E-state index is -3.74. The maximum absolute atomic E-state index is 12.9. The van der Waals surface area contributed by atoms with Crippen molar-refractivity contribution in [2.45, 2.75) is 25.2 Å². The molecule has 0 radical (unpaired) electrons. The smallest absolute Gasteiger partial charge is 0.267 e. The highest BCUT2D eigenvalue weighted by molar-refractivity contribution is 7.92. The van der Waals surface area contributed by atoms with Gasteiger partial charge < -0.3 is 5.32 Å². The summed E-state index contributed by atoms with van der Waals surface area (Å²) in [5.41, 5.74) is 3.44. The molecule has 1 amide bonds. The van der Waals surface area contributed by atoms with Gasteiger partial charge in [0.25, 0.3) is 15.9 Å². The van der Waals surface area contributed by atoms with Crippen LogP contribution in [-0.2, 0) is 16.4 Å². The van der Waals surface area contributed by atoms with Gasteiger partial charge >= 0.3 is 0 Å². The number of aryl methyl sites for hydroxylation is 2. The fourth-order valence-corrected chi connectivity index (χ4v) is 5.45. The number of thiazole rings is 1. The molecule has 0 saturated heterocycles. The summed E-state index contributed by atoms with van der Waals surface area (Å²) in [5.74, 6) is -0.273. The molecule has 8 heteroatoms. The maximum Gasteiger partial charge on any atom is 0.267 e. The number of aromatic nitrogens is 1. The number of carbonyl (C=O) groups is 1. The van der Waals surface area contributed by atoms with Gasteiger partial charge in [-0.3, -0.25) is 9.52 Å². The first-order valence-corrected chi connectivity index (χ1v) is 12.6. The van der Waals surface area contributed by atoms with E-state index in [-0.39, 0.29) is 10.8 Å². The zero-order chi connectivity index (χ0) is 23.4. The number of rotatable bonds is 7. The summed E-state index contributed by atoms with van der Waals surface area (Å²) < 4.78 is 28.0.